The predicted molar refractivity (Wildman–Crippen MR) is 186 cm³/mol. The van der Waals surface area contributed by atoms with Gasteiger partial charge in [-0.05, 0) is 73.3 Å². The zero-order valence-corrected chi connectivity index (χ0v) is 24.1. The number of hydrogen-bond donors (Lipinski definition) is 0. The summed E-state index contributed by atoms with van der Waals surface area (Å²) in [7, 11) is 0. The summed E-state index contributed by atoms with van der Waals surface area (Å²) in [6.07, 6.45) is 2.05. The van der Waals surface area contributed by atoms with E-state index in [1.54, 1.807) is 0 Å². The minimum Gasteiger partial charge on any atom is -0.256 e. The van der Waals surface area contributed by atoms with E-state index in [4.69, 9.17) is 4.98 Å². The average Bonchev–Trinajstić information content (AvgIpc) is 3.43. The lowest BCUT2D eigenvalue weighted by Gasteiger charge is -2.17. The molecule has 0 unspecified atom stereocenters. The van der Waals surface area contributed by atoms with Crippen LogP contribution in [0.4, 0.5) is 0 Å². The Morgan fingerprint density at radius 1 is 0.372 bits per heavy atom. The maximum absolute atomic E-state index is 5.03. The van der Waals surface area contributed by atoms with E-state index in [0.717, 1.165) is 16.8 Å². The number of benzene rings is 7. The minimum absolute atomic E-state index is 0.989. The Kier molecular flexibility index (Phi) is 5.44. The first-order valence-electron chi connectivity index (χ1n) is 14.6. The third-order valence-corrected chi connectivity index (χ3v) is 9.80. The zero-order valence-electron chi connectivity index (χ0n) is 23.3. The zero-order chi connectivity index (χ0) is 28.3. The Labute approximate surface area is 253 Å². The highest BCUT2D eigenvalue weighted by atomic mass is 32.1. The van der Waals surface area contributed by atoms with Crippen LogP contribution >= 0.6 is 11.3 Å². The highest BCUT2D eigenvalue weighted by Crippen LogP contribution is 2.44. The lowest BCUT2D eigenvalue weighted by atomic mass is 9.86. The number of nitrogens with zero attached hydrogens (tertiary/aromatic N) is 1. The van der Waals surface area contributed by atoms with Crippen molar-refractivity contribution in [2.45, 2.75) is 0 Å². The summed E-state index contributed by atoms with van der Waals surface area (Å²) in [4.78, 5) is 5.03. The van der Waals surface area contributed by atoms with Gasteiger partial charge in [0.2, 0.25) is 0 Å². The summed E-state index contributed by atoms with van der Waals surface area (Å²) in [5.41, 5.74) is 7.01. The molecule has 0 saturated heterocycles. The number of thiophene rings is 1. The standard InChI is InChI=1S/C41H25NS/c1-2-10-26(11-3-1)40-32-14-6-8-16-34(32)41(35-17-9-7-15-33(35)40)30-19-21-37(42-25-30)29-18-20-31-36-22-27-12-4-5-13-28(27)23-39(36)43-38(31)24-29/h1-25H. The van der Waals surface area contributed by atoms with E-state index in [1.165, 1.54) is 69.2 Å². The first-order chi connectivity index (χ1) is 21.3. The van der Waals surface area contributed by atoms with Crippen molar-refractivity contribution in [3.8, 4) is 33.5 Å². The number of rotatable bonds is 3. The summed E-state index contributed by atoms with van der Waals surface area (Å²) < 4.78 is 2.62. The highest BCUT2D eigenvalue weighted by molar-refractivity contribution is 7.25. The van der Waals surface area contributed by atoms with E-state index in [1.807, 2.05) is 17.5 Å². The van der Waals surface area contributed by atoms with Gasteiger partial charge in [0, 0.05) is 37.5 Å². The van der Waals surface area contributed by atoms with Crippen molar-refractivity contribution in [3.63, 3.8) is 0 Å². The van der Waals surface area contributed by atoms with Crippen molar-refractivity contribution in [2.75, 3.05) is 0 Å². The largest absolute Gasteiger partial charge is 0.256 e. The van der Waals surface area contributed by atoms with E-state index in [2.05, 4.69) is 146 Å². The molecule has 9 rings (SSSR count). The van der Waals surface area contributed by atoms with Crippen molar-refractivity contribution < 1.29 is 0 Å². The third kappa shape index (κ3) is 3.88. The summed E-state index contributed by atoms with van der Waals surface area (Å²) in [6, 6.07) is 52.7. The lowest BCUT2D eigenvalue weighted by molar-refractivity contribution is 1.33. The second-order valence-electron chi connectivity index (χ2n) is 11.1. The van der Waals surface area contributed by atoms with Gasteiger partial charge < -0.3 is 0 Å². The van der Waals surface area contributed by atoms with Crippen molar-refractivity contribution in [1.82, 2.24) is 4.98 Å². The summed E-state index contributed by atoms with van der Waals surface area (Å²) in [6.45, 7) is 0. The second-order valence-corrected chi connectivity index (χ2v) is 12.2. The molecule has 0 aliphatic carbocycles. The number of fused-ring (bicyclic) bond motifs is 6. The molecule has 0 amide bonds. The van der Waals surface area contributed by atoms with Crippen LogP contribution in [-0.2, 0) is 0 Å². The molecule has 0 fully saturated rings. The topological polar surface area (TPSA) is 12.9 Å². The van der Waals surface area contributed by atoms with Gasteiger partial charge in [0.05, 0.1) is 5.69 Å². The first-order valence-corrected chi connectivity index (χ1v) is 15.4. The van der Waals surface area contributed by atoms with Gasteiger partial charge in [-0.1, -0.05) is 121 Å². The van der Waals surface area contributed by atoms with Crippen molar-refractivity contribution in [1.29, 1.82) is 0 Å². The SMILES string of the molecule is c1ccc(-c2c3ccccc3c(-c3ccc(-c4ccc5c(c4)sc4cc6ccccc6cc45)nc3)c3ccccc23)cc1. The Balaban J connectivity index is 1.18. The lowest BCUT2D eigenvalue weighted by Crippen LogP contribution is -1.91. The van der Waals surface area contributed by atoms with Gasteiger partial charge in [-0.15, -0.1) is 11.3 Å². The highest BCUT2D eigenvalue weighted by Gasteiger charge is 2.17. The Bertz CT molecular complexity index is 2430. The third-order valence-electron chi connectivity index (χ3n) is 8.68. The van der Waals surface area contributed by atoms with Gasteiger partial charge in [0.25, 0.3) is 0 Å². The van der Waals surface area contributed by atoms with Gasteiger partial charge in [0.1, 0.15) is 0 Å². The molecule has 0 atom stereocenters. The minimum atomic E-state index is 0.989. The van der Waals surface area contributed by atoms with E-state index in [0.29, 0.717) is 0 Å². The molecule has 7 aromatic carbocycles. The molecule has 0 aliphatic rings. The van der Waals surface area contributed by atoms with Crippen LogP contribution in [0.5, 0.6) is 0 Å². The van der Waals surface area contributed by atoms with Crippen LogP contribution in [0.2, 0.25) is 0 Å². The van der Waals surface area contributed by atoms with Crippen LogP contribution in [0.25, 0.3) is 86.0 Å². The molecular formula is C41H25NS. The van der Waals surface area contributed by atoms with Gasteiger partial charge >= 0.3 is 0 Å². The van der Waals surface area contributed by atoms with Gasteiger partial charge in [-0.2, -0.15) is 0 Å². The maximum Gasteiger partial charge on any atom is 0.0702 e. The van der Waals surface area contributed by atoms with Gasteiger partial charge in [-0.25, -0.2) is 0 Å². The first kappa shape index (κ1) is 24.3. The van der Waals surface area contributed by atoms with E-state index >= 15 is 0 Å². The van der Waals surface area contributed by atoms with Gasteiger partial charge in [-0.3, -0.25) is 4.98 Å². The maximum atomic E-state index is 5.03. The Morgan fingerprint density at radius 2 is 0.930 bits per heavy atom. The molecule has 1 nitrogen and oxygen atoms in total. The fourth-order valence-electron chi connectivity index (χ4n) is 6.69. The number of hydrogen-bond acceptors (Lipinski definition) is 2. The fourth-order valence-corrected chi connectivity index (χ4v) is 7.86. The molecule has 0 aliphatic heterocycles. The van der Waals surface area contributed by atoms with Crippen molar-refractivity contribution in [2.24, 2.45) is 0 Å². The normalized spacial score (nSPS) is 11.7. The van der Waals surface area contributed by atoms with E-state index < -0.39 is 0 Å². The number of pyridine rings is 1. The second kappa shape index (κ2) is 9.62. The molecule has 2 aromatic heterocycles. The molecule has 9 aromatic rings. The van der Waals surface area contributed by atoms with Crippen molar-refractivity contribution >= 4 is 63.8 Å². The van der Waals surface area contributed by atoms with Crippen LogP contribution in [0.1, 0.15) is 0 Å². The van der Waals surface area contributed by atoms with Crippen LogP contribution in [-0.4, -0.2) is 4.98 Å². The Morgan fingerprint density at radius 3 is 1.58 bits per heavy atom. The summed E-state index contributed by atoms with van der Waals surface area (Å²) in [5.74, 6) is 0. The number of aromatic nitrogens is 1. The average molecular weight is 564 g/mol. The predicted octanol–water partition coefficient (Wildman–Crippen LogP) is 11.9. The van der Waals surface area contributed by atoms with Gasteiger partial charge in [0.15, 0.2) is 0 Å². The molecule has 0 N–H and O–H groups in total. The molecule has 2 heteroatoms. The summed E-state index contributed by atoms with van der Waals surface area (Å²) >= 11 is 1.86. The van der Waals surface area contributed by atoms with Crippen molar-refractivity contribution in [3.05, 3.63) is 152 Å². The Hall–Kier alpha value is -5.31. The molecule has 0 saturated carbocycles. The monoisotopic (exact) mass is 563 g/mol. The fraction of sp³-hybridized carbons (Fsp3) is 0. The molecule has 43 heavy (non-hydrogen) atoms. The van der Waals surface area contributed by atoms with E-state index in [9.17, 15) is 0 Å². The van der Waals surface area contributed by atoms with Crippen LogP contribution < -0.4 is 0 Å². The molecule has 2 heterocycles. The molecular weight excluding hydrogens is 539 g/mol. The quantitative estimate of drug-likeness (QED) is 0.195. The van der Waals surface area contributed by atoms with Crippen LogP contribution in [0.3, 0.4) is 0 Å². The smallest absolute Gasteiger partial charge is 0.0702 e. The molecule has 0 spiro atoms. The molecule has 200 valence electrons. The van der Waals surface area contributed by atoms with E-state index in [-0.39, 0.29) is 0 Å². The van der Waals surface area contributed by atoms with Crippen LogP contribution in [0, 0.1) is 0 Å². The molecule has 0 bridgehead atoms. The summed E-state index contributed by atoms with van der Waals surface area (Å²) in [5, 5.41) is 10.2. The van der Waals surface area contributed by atoms with Crippen LogP contribution in [0.15, 0.2) is 152 Å². The molecule has 0 radical (unpaired) electrons.